The highest BCUT2D eigenvalue weighted by atomic mass is 79.9. The van der Waals surface area contributed by atoms with E-state index in [0.717, 1.165) is 4.47 Å². The van der Waals surface area contributed by atoms with E-state index >= 15 is 0 Å². The molecule has 3 aromatic rings. The van der Waals surface area contributed by atoms with Gasteiger partial charge in [-0.2, -0.15) is 0 Å². The second-order valence-corrected chi connectivity index (χ2v) is 9.34. The molecule has 3 rings (SSSR count). The van der Waals surface area contributed by atoms with Crippen LogP contribution in [0.5, 0.6) is 11.5 Å². The number of halogens is 1. The number of hydrogen-bond donors (Lipinski definition) is 4. The molecular formula is C28H30BrN3O5. The van der Waals surface area contributed by atoms with Crippen molar-refractivity contribution >= 4 is 45.0 Å². The maximum Gasteiger partial charge on any atom is 0.412 e. The van der Waals surface area contributed by atoms with Crippen molar-refractivity contribution in [2.24, 2.45) is 5.92 Å². The second kappa shape index (κ2) is 13.4. The quantitative estimate of drug-likeness (QED) is 0.161. The smallest absolute Gasteiger partial charge is 0.412 e. The fraction of sp³-hybridized carbons (Fsp3) is 0.214. The summed E-state index contributed by atoms with van der Waals surface area (Å²) in [6.07, 6.45) is 3.11. The van der Waals surface area contributed by atoms with Gasteiger partial charge in [0.2, 0.25) is 5.91 Å². The Hall–Kier alpha value is -3.98. The van der Waals surface area contributed by atoms with Gasteiger partial charge in [0.1, 0.15) is 6.10 Å². The third kappa shape index (κ3) is 8.28. The number of ether oxygens (including phenoxy) is 2. The molecule has 0 aliphatic heterocycles. The molecule has 37 heavy (non-hydrogen) atoms. The topological polar surface area (TPSA) is 123 Å². The first-order valence-electron chi connectivity index (χ1n) is 11.7. The first kappa shape index (κ1) is 27.6. The number of nitrogens with one attached hydrogen (secondary N) is 2. The zero-order valence-electron chi connectivity index (χ0n) is 20.6. The van der Waals surface area contributed by atoms with E-state index in [4.69, 9.17) is 15.2 Å². The number of amides is 2. The van der Waals surface area contributed by atoms with E-state index in [2.05, 4.69) is 26.6 Å². The van der Waals surface area contributed by atoms with Crippen LogP contribution in [0.25, 0.3) is 0 Å². The largest absolute Gasteiger partial charge is 0.504 e. The number of benzene rings is 3. The van der Waals surface area contributed by atoms with Crippen molar-refractivity contribution < 1.29 is 24.2 Å². The highest BCUT2D eigenvalue weighted by molar-refractivity contribution is 9.10. The number of phenols is 1. The van der Waals surface area contributed by atoms with Crippen molar-refractivity contribution in [3.8, 4) is 11.5 Å². The molecule has 0 aliphatic carbocycles. The number of aromatic hydroxyl groups is 1. The number of rotatable bonds is 10. The van der Waals surface area contributed by atoms with Crippen molar-refractivity contribution in [3.05, 3.63) is 88.9 Å². The molecule has 5 N–H and O–H groups in total. The van der Waals surface area contributed by atoms with E-state index in [0.29, 0.717) is 41.2 Å². The first-order valence-corrected chi connectivity index (χ1v) is 12.5. The second-order valence-electron chi connectivity index (χ2n) is 8.42. The lowest BCUT2D eigenvalue weighted by atomic mass is 9.92. The molecule has 0 aliphatic rings. The van der Waals surface area contributed by atoms with Crippen LogP contribution in [-0.2, 0) is 9.53 Å². The monoisotopic (exact) mass is 567 g/mol. The summed E-state index contributed by atoms with van der Waals surface area (Å²) in [5.74, 6) is -0.151. The summed E-state index contributed by atoms with van der Waals surface area (Å²) in [5.41, 5.74) is 8.11. The van der Waals surface area contributed by atoms with Gasteiger partial charge in [-0.3, -0.25) is 10.1 Å². The summed E-state index contributed by atoms with van der Waals surface area (Å²) < 4.78 is 11.8. The van der Waals surface area contributed by atoms with Crippen LogP contribution >= 0.6 is 15.9 Å². The standard InChI is InChI=1S/C28H30BrN3O5/c1-18(7-3-6-10-26(34)32-23-9-5-4-8-22(23)30)27(19-11-16-25(36-2)24(33)17-19)37-28(35)31-21-14-12-20(29)13-15-21/h4-6,8-18,27,33H,3,7,30H2,1-2H3,(H,31,35)(H,32,34)/b10-6+/t18-,27+/m0/s1. The lowest BCUT2D eigenvalue weighted by Crippen LogP contribution is -2.22. The maximum absolute atomic E-state index is 12.7. The molecule has 0 spiro atoms. The molecule has 0 saturated heterocycles. The minimum atomic E-state index is -0.654. The normalized spacial score (nSPS) is 12.5. The Morgan fingerprint density at radius 1 is 1.08 bits per heavy atom. The zero-order valence-corrected chi connectivity index (χ0v) is 22.2. The molecule has 0 bridgehead atoms. The minimum Gasteiger partial charge on any atom is -0.504 e. The van der Waals surface area contributed by atoms with E-state index in [9.17, 15) is 14.7 Å². The Labute approximate surface area is 224 Å². The van der Waals surface area contributed by atoms with E-state index in [-0.39, 0.29) is 17.6 Å². The van der Waals surface area contributed by atoms with Crippen LogP contribution in [0, 0.1) is 5.92 Å². The third-order valence-corrected chi connectivity index (χ3v) is 6.18. The highest BCUT2D eigenvalue weighted by Crippen LogP contribution is 2.35. The van der Waals surface area contributed by atoms with Gasteiger partial charge in [-0.05, 0) is 78.9 Å². The van der Waals surface area contributed by atoms with Gasteiger partial charge in [0.05, 0.1) is 18.5 Å². The Balaban J connectivity index is 1.66. The molecule has 8 nitrogen and oxygen atoms in total. The van der Waals surface area contributed by atoms with Gasteiger partial charge in [0.25, 0.3) is 0 Å². The average molecular weight is 568 g/mol. The minimum absolute atomic E-state index is 0.0501. The van der Waals surface area contributed by atoms with Gasteiger partial charge in [-0.15, -0.1) is 0 Å². The number of nitrogen functional groups attached to an aromatic ring is 1. The third-order valence-electron chi connectivity index (χ3n) is 5.65. The van der Waals surface area contributed by atoms with Crippen LogP contribution in [0.3, 0.4) is 0 Å². The molecular weight excluding hydrogens is 538 g/mol. The summed E-state index contributed by atoms with van der Waals surface area (Å²) in [7, 11) is 1.46. The van der Waals surface area contributed by atoms with Gasteiger partial charge >= 0.3 is 6.09 Å². The summed E-state index contributed by atoms with van der Waals surface area (Å²) in [5, 5.41) is 15.8. The number of allylic oxidation sites excluding steroid dienone is 1. The highest BCUT2D eigenvalue weighted by Gasteiger charge is 2.24. The SMILES string of the molecule is COc1ccc([C@H](OC(=O)Nc2ccc(Br)cc2)[C@@H](C)CC/C=C/C(=O)Nc2ccccc2N)cc1O. The van der Waals surface area contributed by atoms with Crippen molar-refractivity contribution in [2.75, 3.05) is 23.5 Å². The van der Waals surface area contributed by atoms with Crippen LogP contribution in [-0.4, -0.2) is 24.2 Å². The predicted octanol–water partition coefficient (Wildman–Crippen LogP) is 6.65. The number of carbonyl (C=O) groups excluding carboxylic acids is 2. The van der Waals surface area contributed by atoms with Crippen LogP contribution in [0.4, 0.5) is 21.9 Å². The number of para-hydroxylation sites is 2. The van der Waals surface area contributed by atoms with Crippen LogP contribution in [0.15, 0.2) is 83.4 Å². The van der Waals surface area contributed by atoms with E-state index in [1.54, 1.807) is 54.6 Å². The van der Waals surface area contributed by atoms with Gasteiger partial charge < -0.3 is 25.6 Å². The average Bonchev–Trinajstić information content (AvgIpc) is 2.88. The fourth-order valence-corrected chi connectivity index (χ4v) is 3.94. The maximum atomic E-state index is 12.7. The van der Waals surface area contributed by atoms with Crippen molar-refractivity contribution in [1.29, 1.82) is 0 Å². The molecule has 0 saturated carbocycles. The molecule has 0 unspecified atom stereocenters. The van der Waals surface area contributed by atoms with Gasteiger partial charge in [-0.25, -0.2) is 4.79 Å². The lowest BCUT2D eigenvalue weighted by Gasteiger charge is -2.25. The fourth-order valence-electron chi connectivity index (χ4n) is 3.68. The number of phenolic OH excluding ortho intramolecular Hbond substituents is 1. The summed E-state index contributed by atoms with van der Waals surface area (Å²) in [6.45, 7) is 1.94. The van der Waals surface area contributed by atoms with Crippen LogP contribution in [0.2, 0.25) is 0 Å². The molecule has 0 fully saturated rings. The number of carbonyl (C=O) groups is 2. The van der Waals surface area contributed by atoms with Gasteiger partial charge in [0, 0.05) is 10.2 Å². The Morgan fingerprint density at radius 3 is 2.49 bits per heavy atom. The number of methoxy groups -OCH3 is 1. The van der Waals surface area contributed by atoms with Crippen molar-refractivity contribution in [2.45, 2.75) is 25.9 Å². The van der Waals surface area contributed by atoms with Gasteiger partial charge in [0.15, 0.2) is 11.5 Å². The van der Waals surface area contributed by atoms with E-state index < -0.39 is 12.2 Å². The Morgan fingerprint density at radius 2 is 1.81 bits per heavy atom. The first-order chi connectivity index (χ1) is 17.8. The Bertz CT molecular complexity index is 1250. The van der Waals surface area contributed by atoms with E-state index in [1.807, 2.05) is 19.1 Å². The molecule has 9 heteroatoms. The summed E-state index contributed by atoms with van der Waals surface area (Å²) in [4.78, 5) is 24.9. The predicted molar refractivity (Wildman–Crippen MR) is 149 cm³/mol. The number of anilines is 3. The van der Waals surface area contributed by atoms with E-state index in [1.165, 1.54) is 19.3 Å². The Kier molecular flexibility index (Phi) is 9.97. The molecule has 194 valence electrons. The molecule has 2 atom stereocenters. The number of nitrogens with two attached hydrogens (primary N) is 1. The summed E-state index contributed by atoms with van der Waals surface area (Å²) in [6, 6.07) is 19.1. The molecule has 0 radical (unpaired) electrons. The van der Waals surface area contributed by atoms with Crippen molar-refractivity contribution in [3.63, 3.8) is 0 Å². The number of hydrogen-bond acceptors (Lipinski definition) is 6. The van der Waals surface area contributed by atoms with Gasteiger partial charge in [-0.1, -0.05) is 47.1 Å². The lowest BCUT2D eigenvalue weighted by molar-refractivity contribution is -0.111. The molecule has 3 aromatic carbocycles. The van der Waals surface area contributed by atoms with Crippen LogP contribution in [0.1, 0.15) is 31.4 Å². The zero-order chi connectivity index (χ0) is 26.8. The molecule has 0 heterocycles. The van der Waals surface area contributed by atoms with Crippen molar-refractivity contribution in [1.82, 2.24) is 0 Å². The molecule has 2 amide bonds. The van der Waals surface area contributed by atoms with Crippen LogP contribution < -0.4 is 21.1 Å². The molecule has 0 aromatic heterocycles. The summed E-state index contributed by atoms with van der Waals surface area (Å²) >= 11 is 3.36.